The summed E-state index contributed by atoms with van der Waals surface area (Å²) in [6.45, 7) is 3.17. The number of methoxy groups -OCH3 is 1. The first-order valence-electron chi connectivity index (χ1n) is 9.55. The predicted molar refractivity (Wildman–Crippen MR) is 106 cm³/mol. The van der Waals surface area contributed by atoms with Gasteiger partial charge in [-0.15, -0.1) is 0 Å². The number of H-pyrrole nitrogens is 1. The van der Waals surface area contributed by atoms with Gasteiger partial charge < -0.3 is 10.1 Å². The van der Waals surface area contributed by atoms with Crippen LogP contribution in [0.3, 0.4) is 0 Å². The van der Waals surface area contributed by atoms with Gasteiger partial charge in [-0.1, -0.05) is 55.8 Å². The summed E-state index contributed by atoms with van der Waals surface area (Å²) in [6.07, 6.45) is 2.92. The Morgan fingerprint density at radius 1 is 1.15 bits per heavy atom. The number of fused-ring (bicyclic) bond motifs is 1. The molecule has 0 bridgehead atoms. The molecule has 2 N–H and O–H groups in total. The molecular formula is C22H28N3O2+. The molecular weight excluding hydrogens is 338 g/mol. The maximum absolute atomic E-state index is 12.3. The number of hydrogen-bond acceptors (Lipinski definition) is 2. The van der Waals surface area contributed by atoms with Crippen LogP contribution in [-0.4, -0.2) is 24.6 Å². The number of rotatable bonds is 9. The number of hydrogen-bond donors (Lipinski definition) is 2. The minimum absolute atomic E-state index is 0.0560. The largest absolute Gasteiger partial charge is 0.375 e. The highest BCUT2D eigenvalue weighted by Crippen LogP contribution is 2.19. The lowest BCUT2D eigenvalue weighted by molar-refractivity contribution is -0.680. The van der Waals surface area contributed by atoms with Gasteiger partial charge in [-0.2, -0.15) is 0 Å². The van der Waals surface area contributed by atoms with Crippen molar-refractivity contribution >= 4 is 16.9 Å². The second-order valence-electron chi connectivity index (χ2n) is 6.78. The first-order chi connectivity index (χ1) is 13.2. The SMILES string of the molecule is CCCC[n+]1c(C(Cc2ccccc2)NC(=O)COC)[nH]c2ccccc21. The Kier molecular flexibility index (Phi) is 6.60. The predicted octanol–water partition coefficient (Wildman–Crippen LogP) is 3.30. The number of nitrogens with one attached hydrogen (secondary N) is 2. The lowest BCUT2D eigenvalue weighted by atomic mass is 10.1. The van der Waals surface area contributed by atoms with Crippen LogP contribution in [0.5, 0.6) is 0 Å². The molecule has 142 valence electrons. The Morgan fingerprint density at radius 3 is 2.63 bits per heavy atom. The Balaban J connectivity index is 2.00. The van der Waals surface area contributed by atoms with Gasteiger partial charge in [-0.25, -0.2) is 9.55 Å². The molecule has 0 saturated heterocycles. The average molecular weight is 366 g/mol. The molecule has 0 aliphatic carbocycles. The summed E-state index contributed by atoms with van der Waals surface area (Å²) in [7, 11) is 1.54. The molecule has 0 aliphatic heterocycles. The second-order valence-corrected chi connectivity index (χ2v) is 6.78. The number of ether oxygens (including phenoxy) is 1. The van der Waals surface area contributed by atoms with E-state index in [0.29, 0.717) is 0 Å². The summed E-state index contributed by atoms with van der Waals surface area (Å²) < 4.78 is 7.32. The zero-order chi connectivity index (χ0) is 19.1. The molecule has 5 heteroatoms. The van der Waals surface area contributed by atoms with E-state index in [0.717, 1.165) is 37.1 Å². The number of nitrogens with zero attached hydrogens (tertiary/aromatic N) is 1. The van der Waals surface area contributed by atoms with Crippen LogP contribution in [0.1, 0.15) is 37.2 Å². The van der Waals surface area contributed by atoms with E-state index in [4.69, 9.17) is 4.74 Å². The number of aromatic nitrogens is 2. The molecule has 0 aliphatic rings. The Labute approximate surface area is 160 Å². The number of benzene rings is 2. The molecule has 3 rings (SSSR count). The van der Waals surface area contributed by atoms with Crippen molar-refractivity contribution in [2.45, 2.75) is 38.8 Å². The summed E-state index contributed by atoms with van der Waals surface area (Å²) in [5, 5.41) is 3.14. The van der Waals surface area contributed by atoms with Gasteiger partial charge in [0.05, 0.1) is 6.54 Å². The van der Waals surface area contributed by atoms with Crippen LogP contribution < -0.4 is 9.88 Å². The lowest BCUT2D eigenvalue weighted by Gasteiger charge is -2.16. The van der Waals surface area contributed by atoms with Crippen molar-refractivity contribution < 1.29 is 14.1 Å². The first-order valence-corrected chi connectivity index (χ1v) is 9.55. The highest BCUT2D eigenvalue weighted by atomic mass is 16.5. The van der Waals surface area contributed by atoms with Gasteiger partial charge in [0.1, 0.15) is 12.6 Å². The van der Waals surface area contributed by atoms with E-state index in [1.165, 1.54) is 18.2 Å². The van der Waals surface area contributed by atoms with Crippen LogP contribution in [0.4, 0.5) is 0 Å². The van der Waals surface area contributed by atoms with Crippen molar-refractivity contribution in [2.24, 2.45) is 0 Å². The Morgan fingerprint density at radius 2 is 1.89 bits per heavy atom. The average Bonchev–Trinajstić information content (AvgIpc) is 3.05. The van der Waals surface area contributed by atoms with Gasteiger partial charge in [0.25, 0.3) is 5.82 Å². The summed E-state index contributed by atoms with van der Waals surface area (Å²) >= 11 is 0. The molecule has 0 saturated carbocycles. The zero-order valence-corrected chi connectivity index (χ0v) is 16.1. The number of amides is 1. The van der Waals surface area contributed by atoms with Crippen LogP contribution in [0.15, 0.2) is 54.6 Å². The van der Waals surface area contributed by atoms with Gasteiger partial charge in [-0.05, 0) is 24.1 Å². The summed E-state index contributed by atoms with van der Waals surface area (Å²) in [5.41, 5.74) is 3.43. The third kappa shape index (κ3) is 4.74. The molecule has 1 amide bonds. The van der Waals surface area contributed by atoms with Crippen LogP contribution in [0.25, 0.3) is 11.0 Å². The quantitative estimate of drug-likeness (QED) is 0.571. The fraction of sp³-hybridized carbons (Fsp3) is 0.364. The van der Waals surface area contributed by atoms with E-state index in [1.54, 1.807) is 0 Å². The highest BCUT2D eigenvalue weighted by molar-refractivity contribution is 5.77. The number of aryl methyl sites for hydroxylation is 1. The summed E-state index contributed by atoms with van der Waals surface area (Å²) in [4.78, 5) is 15.8. The molecule has 2 aromatic carbocycles. The standard InChI is InChI=1S/C22H27N3O2/c1-3-4-14-25-20-13-9-8-12-18(20)24-22(25)19(23-21(26)16-27-2)15-17-10-6-5-7-11-17/h5-13,19H,3-4,14-16H2,1-2H3,(H,23,26)/p+1. The number of carbonyl (C=O) groups is 1. The van der Waals surface area contributed by atoms with Gasteiger partial charge in [0, 0.05) is 13.5 Å². The summed E-state index contributed by atoms with van der Waals surface area (Å²) in [6, 6.07) is 18.4. The Bertz CT molecular complexity index is 874. The van der Waals surface area contributed by atoms with Gasteiger partial charge in [0.2, 0.25) is 5.91 Å². The third-order valence-electron chi connectivity index (χ3n) is 4.71. The molecule has 1 unspecified atom stereocenters. The topological polar surface area (TPSA) is 58.0 Å². The maximum atomic E-state index is 12.3. The fourth-order valence-electron chi connectivity index (χ4n) is 3.42. The van der Waals surface area contributed by atoms with E-state index in [9.17, 15) is 4.79 Å². The van der Waals surface area contributed by atoms with Crippen LogP contribution >= 0.6 is 0 Å². The highest BCUT2D eigenvalue weighted by Gasteiger charge is 2.28. The van der Waals surface area contributed by atoms with Gasteiger partial charge in [-0.3, -0.25) is 4.79 Å². The van der Waals surface area contributed by atoms with Crippen LogP contribution in [0.2, 0.25) is 0 Å². The smallest absolute Gasteiger partial charge is 0.278 e. The molecule has 0 fully saturated rings. The molecule has 3 aromatic rings. The molecule has 1 aromatic heterocycles. The van der Waals surface area contributed by atoms with E-state index in [1.807, 2.05) is 24.3 Å². The lowest BCUT2D eigenvalue weighted by Crippen LogP contribution is -2.44. The van der Waals surface area contributed by atoms with E-state index < -0.39 is 0 Å². The van der Waals surface area contributed by atoms with E-state index in [2.05, 4.69) is 52.1 Å². The monoisotopic (exact) mass is 366 g/mol. The number of aromatic amines is 1. The molecule has 0 radical (unpaired) electrons. The minimum atomic E-state index is -0.153. The van der Waals surface area contributed by atoms with E-state index >= 15 is 0 Å². The first kappa shape index (κ1) is 19.1. The summed E-state index contributed by atoms with van der Waals surface area (Å²) in [5.74, 6) is 0.914. The molecule has 5 nitrogen and oxygen atoms in total. The van der Waals surface area contributed by atoms with Crippen molar-refractivity contribution in [3.05, 3.63) is 66.0 Å². The normalized spacial score (nSPS) is 12.2. The van der Waals surface area contributed by atoms with Gasteiger partial charge in [0.15, 0.2) is 11.0 Å². The molecule has 0 spiro atoms. The fourth-order valence-corrected chi connectivity index (χ4v) is 3.42. The van der Waals surface area contributed by atoms with E-state index in [-0.39, 0.29) is 18.6 Å². The van der Waals surface area contributed by atoms with Crippen LogP contribution in [0, 0.1) is 0 Å². The Hall–Kier alpha value is -2.66. The van der Waals surface area contributed by atoms with Crippen molar-refractivity contribution in [1.29, 1.82) is 0 Å². The number of carbonyl (C=O) groups excluding carboxylic acids is 1. The third-order valence-corrected chi connectivity index (χ3v) is 4.71. The van der Waals surface area contributed by atoms with Gasteiger partial charge >= 0.3 is 0 Å². The molecule has 27 heavy (non-hydrogen) atoms. The molecule has 1 heterocycles. The van der Waals surface area contributed by atoms with Crippen molar-refractivity contribution in [1.82, 2.24) is 10.3 Å². The van der Waals surface area contributed by atoms with Crippen molar-refractivity contribution in [2.75, 3.05) is 13.7 Å². The zero-order valence-electron chi connectivity index (χ0n) is 16.1. The van der Waals surface area contributed by atoms with Crippen molar-refractivity contribution in [3.63, 3.8) is 0 Å². The van der Waals surface area contributed by atoms with Crippen molar-refractivity contribution in [3.8, 4) is 0 Å². The maximum Gasteiger partial charge on any atom is 0.278 e. The number of imidazole rings is 1. The number of unbranched alkanes of at least 4 members (excludes halogenated alkanes) is 1. The second kappa shape index (κ2) is 9.33. The number of para-hydroxylation sites is 2. The molecule has 1 atom stereocenters. The van der Waals surface area contributed by atoms with Crippen LogP contribution in [-0.2, 0) is 22.5 Å². The minimum Gasteiger partial charge on any atom is -0.375 e.